The number of nitrogens with two attached hydrogens (primary N) is 1. The summed E-state index contributed by atoms with van der Waals surface area (Å²) in [5.41, 5.74) is 4.05. The lowest BCUT2D eigenvalue weighted by Gasteiger charge is -2.22. The Morgan fingerprint density at radius 2 is 2.56 bits per heavy atom. The van der Waals surface area contributed by atoms with Gasteiger partial charge in [0.15, 0.2) is 0 Å². The number of aromatic nitrogens is 1. The van der Waals surface area contributed by atoms with Crippen LogP contribution in [0.1, 0.15) is 12.0 Å². The van der Waals surface area contributed by atoms with E-state index in [0.717, 1.165) is 17.0 Å². The van der Waals surface area contributed by atoms with Gasteiger partial charge in [0.2, 0.25) is 0 Å². The van der Waals surface area contributed by atoms with E-state index in [-0.39, 0.29) is 0 Å². The number of rotatable bonds is 4. The number of nitrogens with zero attached hydrogens (tertiary/aromatic N) is 1. The summed E-state index contributed by atoms with van der Waals surface area (Å²) in [6.45, 7) is 0. The summed E-state index contributed by atoms with van der Waals surface area (Å²) in [6.07, 6.45) is 5.58. The first-order chi connectivity index (χ1) is 7.81. The molecule has 2 heterocycles. The number of nitrogens with one attached hydrogen (secondary N) is 1. The molecule has 5 heteroatoms. The molecule has 1 aromatic heterocycles. The lowest BCUT2D eigenvalue weighted by Crippen LogP contribution is -2.42. The molecule has 1 aromatic rings. The van der Waals surface area contributed by atoms with Crippen molar-refractivity contribution in [1.29, 1.82) is 0 Å². The van der Waals surface area contributed by atoms with E-state index in [1.165, 1.54) is 17.9 Å². The largest absolute Gasteiger partial charge is 0.271 e. The molecule has 16 heavy (non-hydrogen) atoms. The number of hydrogen-bond donors (Lipinski definition) is 2. The first kappa shape index (κ1) is 12.2. The monoisotopic (exact) mass is 257 g/mol. The van der Waals surface area contributed by atoms with Crippen molar-refractivity contribution in [2.45, 2.75) is 18.9 Å². The van der Waals surface area contributed by atoms with Gasteiger partial charge < -0.3 is 0 Å². The molecule has 1 aliphatic rings. The first-order valence-electron chi connectivity index (χ1n) is 5.43. The molecule has 0 bridgehead atoms. The summed E-state index contributed by atoms with van der Waals surface area (Å²) in [5.74, 6) is 8.72. The maximum absolute atomic E-state index is 6.10. The number of halogens is 1. The highest BCUT2D eigenvalue weighted by atomic mass is 35.5. The second-order valence-corrected chi connectivity index (χ2v) is 5.63. The van der Waals surface area contributed by atoms with Gasteiger partial charge in [0.1, 0.15) is 0 Å². The van der Waals surface area contributed by atoms with E-state index in [9.17, 15) is 0 Å². The van der Waals surface area contributed by atoms with Gasteiger partial charge in [-0.3, -0.25) is 16.3 Å². The van der Waals surface area contributed by atoms with Crippen LogP contribution in [0.5, 0.6) is 0 Å². The minimum Gasteiger partial charge on any atom is -0.271 e. The van der Waals surface area contributed by atoms with Crippen molar-refractivity contribution in [2.75, 3.05) is 11.5 Å². The molecule has 1 aliphatic heterocycles. The maximum atomic E-state index is 6.10. The minimum absolute atomic E-state index is 0.315. The summed E-state index contributed by atoms with van der Waals surface area (Å²) in [7, 11) is 0. The average molecular weight is 258 g/mol. The van der Waals surface area contributed by atoms with Crippen LogP contribution in [0.15, 0.2) is 18.5 Å². The maximum Gasteiger partial charge on any atom is 0.0621 e. The quantitative estimate of drug-likeness (QED) is 0.639. The molecule has 0 radical (unpaired) electrons. The molecule has 0 aliphatic carbocycles. The van der Waals surface area contributed by atoms with E-state index < -0.39 is 0 Å². The van der Waals surface area contributed by atoms with E-state index in [0.29, 0.717) is 12.0 Å². The third-order valence-corrected chi connectivity index (χ3v) is 4.57. The predicted molar refractivity (Wildman–Crippen MR) is 69.5 cm³/mol. The molecule has 1 saturated heterocycles. The molecule has 3 N–H and O–H groups in total. The summed E-state index contributed by atoms with van der Waals surface area (Å²) in [5, 5.41) is 0.730. The molecule has 1 fully saturated rings. The molecule has 3 nitrogen and oxygen atoms in total. The van der Waals surface area contributed by atoms with Crippen molar-refractivity contribution >= 4 is 23.4 Å². The van der Waals surface area contributed by atoms with Crippen LogP contribution in [-0.4, -0.2) is 22.5 Å². The van der Waals surface area contributed by atoms with Crippen molar-refractivity contribution in [2.24, 2.45) is 11.8 Å². The lowest BCUT2D eigenvalue weighted by molar-refractivity contribution is 0.386. The molecule has 0 spiro atoms. The van der Waals surface area contributed by atoms with Gasteiger partial charge in [-0.15, -0.1) is 0 Å². The Morgan fingerprint density at radius 3 is 3.19 bits per heavy atom. The number of thioether (sulfide) groups is 1. The fourth-order valence-corrected chi connectivity index (χ4v) is 3.57. The Balaban J connectivity index is 2.03. The standard InChI is InChI=1S/C11H16ClN3S/c12-10-6-14-3-1-8(10)5-11(15-13)9-2-4-16-7-9/h1,3,6,9,11,15H,2,4-5,7,13H2. The Bertz CT molecular complexity index is 342. The molecule has 88 valence electrons. The zero-order valence-corrected chi connectivity index (χ0v) is 10.6. The zero-order chi connectivity index (χ0) is 11.4. The predicted octanol–water partition coefficient (Wildman–Crippen LogP) is 1.86. The van der Waals surface area contributed by atoms with Crippen LogP contribution in [0.25, 0.3) is 0 Å². The van der Waals surface area contributed by atoms with Crippen molar-refractivity contribution in [3.05, 3.63) is 29.0 Å². The Labute approximate surface area is 105 Å². The molecular weight excluding hydrogens is 242 g/mol. The summed E-state index contributed by atoms with van der Waals surface area (Å²) in [6, 6.07) is 2.28. The van der Waals surface area contributed by atoms with Crippen LogP contribution >= 0.6 is 23.4 Å². The highest BCUT2D eigenvalue weighted by Crippen LogP contribution is 2.28. The van der Waals surface area contributed by atoms with Gasteiger partial charge >= 0.3 is 0 Å². The van der Waals surface area contributed by atoms with E-state index in [1.54, 1.807) is 12.4 Å². The normalized spacial score (nSPS) is 22.2. The van der Waals surface area contributed by atoms with E-state index >= 15 is 0 Å². The highest BCUT2D eigenvalue weighted by Gasteiger charge is 2.25. The van der Waals surface area contributed by atoms with Gasteiger partial charge in [-0.25, -0.2) is 0 Å². The summed E-state index contributed by atoms with van der Waals surface area (Å²) < 4.78 is 0. The number of hydrazine groups is 1. The molecule has 2 unspecified atom stereocenters. The fraction of sp³-hybridized carbons (Fsp3) is 0.545. The molecule has 2 atom stereocenters. The Hall–Kier alpha value is -0.290. The smallest absolute Gasteiger partial charge is 0.0621 e. The van der Waals surface area contributed by atoms with Crippen LogP contribution in [0, 0.1) is 5.92 Å². The van der Waals surface area contributed by atoms with Crippen LogP contribution in [0.3, 0.4) is 0 Å². The number of hydrogen-bond acceptors (Lipinski definition) is 4. The Kier molecular flexibility index (Phi) is 4.46. The fourth-order valence-electron chi connectivity index (χ4n) is 2.04. The van der Waals surface area contributed by atoms with Crippen molar-refractivity contribution in [3.8, 4) is 0 Å². The molecule has 0 saturated carbocycles. The van der Waals surface area contributed by atoms with E-state index in [4.69, 9.17) is 17.4 Å². The zero-order valence-electron chi connectivity index (χ0n) is 9.03. The van der Waals surface area contributed by atoms with Crippen LogP contribution in [-0.2, 0) is 6.42 Å². The number of pyridine rings is 1. The SMILES string of the molecule is NNC(Cc1ccncc1Cl)C1CCSC1. The Morgan fingerprint density at radius 1 is 1.69 bits per heavy atom. The van der Waals surface area contributed by atoms with E-state index in [2.05, 4.69) is 10.4 Å². The second kappa shape index (κ2) is 5.87. The van der Waals surface area contributed by atoms with Crippen LogP contribution < -0.4 is 11.3 Å². The van der Waals surface area contributed by atoms with Gasteiger partial charge in [-0.2, -0.15) is 11.8 Å². The molecule has 2 rings (SSSR count). The van der Waals surface area contributed by atoms with Crippen LogP contribution in [0.4, 0.5) is 0 Å². The second-order valence-electron chi connectivity index (χ2n) is 4.07. The van der Waals surface area contributed by atoms with Crippen molar-refractivity contribution in [3.63, 3.8) is 0 Å². The topological polar surface area (TPSA) is 50.9 Å². The highest BCUT2D eigenvalue weighted by molar-refractivity contribution is 7.99. The van der Waals surface area contributed by atoms with Gasteiger partial charge in [0, 0.05) is 18.4 Å². The lowest BCUT2D eigenvalue weighted by atomic mass is 9.94. The molecular formula is C11H16ClN3S. The van der Waals surface area contributed by atoms with Gasteiger partial charge in [-0.1, -0.05) is 11.6 Å². The van der Waals surface area contributed by atoms with Gasteiger partial charge in [0.25, 0.3) is 0 Å². The van der Waals surface area contributed by atoms with Gasteiger partial charge in [-0.05, 0) is 41.9 Å². The average Bonchev–Trinajstić information content (AvgIpc) is 2.81. The summed E-state index contributed by atoms with van der Waals surface area (Å²) >= 11 is 8.10. The summed E-state index contributed by atoms with van der Waals surface area (Å²) in [4.78, 5) is 3.99. The van der Waals surface area contributed by atoms with E-state index in [1.807, 2.05) is 17.8 Å². The van der Waals surface area contributed by atoms with Crippen molar-refractivity contribution < 1.29 is 0 Å². The first-order valence-corrected chi connectivity index (χ1v) is 6.97. The third-order valence-electron chi connectivity index (χ3n) is 3.04. The minimum atomic E-state index is 0.315. The molecule has 0 aromatic carbocycles. The molecule has 0 amide bonds. The third kappa shape index (κ3) is 2.88. The van der Waals surface area contributed by atoms with Gasteiger partial charge in [0.05, 0.1) is 5.02 Å². The van der Waals surface area contributed by atoms with Crippen LogP contribution in [0.2, 0.25) is 5.02 Å². The van der Waals surface area contributed by atoms with Crippen molar-refractivity contribution in [1.82, 2.24) is 10.4 Å².